The van der Waals surface area contributed by atoms with Crippen LogP contribution in [-0.4, -0.2) is 34.5 Å². The standard InChI is InChI=1S/C10H18O4/c1-10(2)6-7(3-4-14-10)8(11)5-9(12)13/h7-8,11H,3-6H2,1-2H3,(H,12,13). The Morgan fingerprint density at radius 1 is 1.64 bits per heavy atom. The van der Waals surface area contributed by atoms with Gasteiger partial charge in [0.25, 0.3) is 0 Å². The molecule has 0 aromatic heterocycles. The fourth-order valence-corrected chi connectivity index (χ4v) is 1.95. The first-order valence-corrected chi connectivity index (χ1v) is 4.94. The zero-order chi connectivity index (χ0) is 10.8. The van der Waals surface area contributed by atoms with E-state index in [2.05, 4.69) is 0 Å². The molecule has 4 nitrogen and oxygen atoms in total. The summed E-state index contributed by atoms with van der Waals surface area (Å²) < 4.78 is 5.49. The number of carbonyl (C=O) groups is 1. The van der Waals surface area contributed by atoms with Crippen molar-refractivity contribution in [2.24, 2.45) is 5.92 Å². The summed E-state index contributed by atoms with van der Waals surface area (Å²) in [5.74, 6) is -0.892. The van der Waals surface area contributed by atoms with E-state index in [0.717, 1.165) is 12.8 Å². The van der Waals surface area contributed by atoms with Crippen LogP contribution < -0.4 is 0 Å². The molecule has 0 spiro atoms. The number of carboxylic acids is 1. The third-order valence-electron chi connectivity index (χ3n) is 2.66. The predicted molar refractivity (Wildman–Crippen MR) is 51.0 cm³/mol. The lowest BCUT2D eigenvalue weighted by Gasteiger charge is -2.37. The van der Waals surface area contributed by atoms with E-state index in [9.17, 15) is 9.90 Å². The van der Waals surface area contributed by atoms with Crippen molar-refractivity contribution in [3.63, 3.8) is 0 Å². The van der Waals surface area contributed by atoms with Gasteiger partial charge in [-0.15, -0.1) is 0 Å². The number of aliphatic carboxylic acids is 1. The number of ether oxygens (including phenoxy) is 1. The Bertz CT molecular complexity index is 212. The van der Waals surface area contributed by atoms with Gasteiger partial charge < -0.3 is 14.9 Å². The van der Waals surface area contributed by atoms with Crippen molar-refractivity contribution in [2.45, 2.75) is 44.8 Å². The second-order valence-corrected chi connectivity index (χ2v) is 4.53. The zero-order valence-corrected chi connectivity index (χ0v) is 8.69. The minimum absolute atomic E-state index is 0.0508. The molecule has 1 saturated heterocycles. The second kappa shape index (κ2) is 4.28. The van der Waals surface area contributed by atoms with Gasteiger partial charge in [-0.1, -0.05) is 0 Å². The Labute approximate surface area is 83.9 Å². The van der Waals surface area contributed by atoms with Crippen molar-refractivity contribution >= 4 is 5.97 Å². The lowest BCUT2D eigenvalue weighted by atomic mass is 9.84. The van der Waals surface area contributed by atoms with Crippen LogP contribution in [0.4, 0.5) is 0 Å². The Morgan fingerprint density at radius 2 is 2.29 bits per heavy atom. The summed E-state index contributed by atoms with van der Waals surface area (Å²) in [5.41, 5.74) is -0.234. The minimum Gasteiger partial charge on any atom is -0.481 e. The molecule has 0 bridgehead atoms. The highest BCUT2D eigenvalue weighted by Gasteiger charge is 2.33. The molecule has 4 heteroatoms. The van der Waals surface area contributed by atoms with Gasteiger partial charge in [0, 0.05) is 6.61 Å². The van der Waals surface area contributed by atoms with Crippen LogP contribution in [0.2, 0.25) is 0 Å². The van der Waals surface area contributed by atoms with E-state index in [0.29, 0.717) is 6.61 Å². The molecule has 1 aliphatic rings. The largest absolute Gasteiger partial charge is 0.481 e. The summed E-state index contributed by atoms with van der Waals surface area (Å²) in [6.07, 6.45) is 0.566. The van der Waals surface area contributed by atoms with E-state index in [-0.39, 0.29) is 17.9 Å². The highest BCUT2D eigenvalue weighted by Crippen LogP contribution is 2.31. The molecule has 2 unspecified atom stereocenters. The quantitative estimate of drug-likeness (QED) is 0.717. The lowest BCUT2D eigenvalue weighted by Crippen LogP contribution is -2.39. The summed E-state index contributed by atoms with van der Waals surface area (Å²) in [6, 6.07) is 0. The van der Waals surface area contributed by atoms with E-state index in [1.165, 1.54) is 0 Å². The molecule has 0 saturated carbocycles. The van der Waals surface area contributed by atoms with E-state index in [1.54, 1.807) is 0 Å². The van der Waals surface area contributed by atoms with Crippen molar-refractivity contribution in [1.29, 1.82) is 0 Å². The summed E-state index contributed by atoms with van der Waals surface area (Å²) in [7, 11) is 0. The van der Waals surface area contributed by atoms with E-state index in [4.69, 9.17) is 9.84 Å². The molecule has 1 heterocycles. The first kappa shape index (κ1) is 11.5. The van der Waals surface area contributed by atoms with Gasteiger partial charge in [-0.05, 0) is 32.6 Å². The number of carboxylic acid groups (broad SMARTS) is 1. The van der Waals surface area contributed by atoms with Crippen LogP contribution in [0.25, 0.3) is 0 Å². The molecule has 2 atom stereocenters. The predicted octanol–water partition coefficient (Wildman–Crippen LogP) is 1.03. The molecule has 1 fully saturated rings. The molecule has 2 N–H and O–H groups in total. The van der Waals surface area contributed by atoms with Gasteiger partial charge >= 0.3 is 5.97 Å². The number of rotatable bonds is 3. The Hall–Kier alpha value is -0.610. The van der Waals surface area contributed by atoms with Crippen LogP contribution >= 0.6 is 0 Å². The van der Waals surface area contributed by atoms with Gasteiger partial charge in [-0.3, -0.25) is 4.79 Å². The third-order valence-corrected chi connectivity index (χ3v) is 2.66. The van der Waals surface area contributed by atoms with Crippen LogP contribution in [0.3, 0.4) is 0 Å². The summed E-state index contributed by atoms with van der Waals surface area (Å²) in [4.78, 5) is 10.4. The monoisotopic (exact) mass is 202 g/mol. The minimum atomic E-state index is -0.943. The van der Waals surface area contributed by atoms with Crippen molar-refractivity contribution < 1.29 is 19.7 Å². The van der Waals surface area contributed by atoms with Crippen molar-refractivity contribution in [3.8, 4) is 0 Å². The van der Waals surface area contributed by atoms with Crippen molar-refractivity contribution in [3.05, 3.63) is 0 Å². The number of aliphatic hydroxyl groups excluding tert-OH is 1. The highest BCUT2D eigenvalue weighted by atomic mass is 16.5. The topological polar surface area (TPSA) is 66.8 Å². The van der Waals surface area contributed by atoms with Crippen LogP contribution in [-0.2, 0) is 9.53 Å². The molecule has 1 rings (SSSR count). The Balaban J connectivity index is 2.47. The van der Waals surface area contributed by atoms with Gasteiger partial charge in [0.15, 0.2) is 0 Å². The summed E-state index contributed by atoms with van der Waals surface area (Å²) in [5, 5.41) is 18.2. The van der Waals surface area contributed by atoms with Crippen molar-refractivity contribution in [1.82, 2.24) is 0 Å². The van der Waals surface area contributed by atoms with Crippen LogP contribution in [0.15, 0.2) is 0 Å². The molecule has 1 aliphatic heterocycles. The van der Waals surface area contributed by atoms with Crippen LogP contribution in [0.1, 0.15) is 33.1 Å². The summed E-state index contributed by atoms with van der Waals surface area (Å²) >= 11 is 0. The van der Waals surface area contributed by atoms with Gasteiger partial charge in [0.2, 0.25) is 0 Å². The second-order valence-electron chi connectivity index (χ2n) is 4.53. The van der Waals surface area contributed by atoms with Crippen molar-refractivity contribution in [2.75, 3.05) is 6.61 Å². The van der Waals surface area contributed by atoms with Gasteiger partial charge in [-0.2, -0.15) is 0 Å². The number of aliphatic hydroxyl groups is 1. The highest BCUT2D eigenvalue weighted by molar-refractivity contribution is 5.67. The molecule has 0 aliphatic carbocycles. The SMILES string of the molecule is CC1(C)CC(C(O)CC(=O)O)CCO1. The maximum absolute atomic E-state index is 10.4. The lowest BCUT2D eigenvalue weighted by molar-refractivity contribution is -0.142. The fourth-order valence-electron chi connectivity index (χ4n) is 1.95. The molecule has 0 aromatic rings. The van der Waals surface area contributed by atoms with Crippen LogP contribution in [0.5, 0.6) is 0 Å². The van der Waals surface area contributed by atoms with E-state index < -0.39 is 12.1 Å². The number of hydrogen-bond donors (Lipinski definition) is 2. The smallest absolute Gasteiger partial charge is 0.305 e. The maximum Gasteiger partial charge on any atom is 0.305 e. The maximum atomic E-state index is 10.4. The summed E-state index contributed by atoms with van der Waals surface area (Å²) in [6.45, 7) is 4.54. The average molecular weight is 202 g/mol. The van der Waals surface area contributed by atoms with Gasteiger partial charge in [-0.25, -0.2) is 0 Å². The molecular weight excluding hydrogens is 184 g/mol. The average Bonchev–Trinajstić information content (AvgIpc) is 2.01. The number of hydrogen-bond acceptors (Lipinski definition) is 3. The van der Waals surface area contributed by atoms with Gasteiger partial charge in [0.05, 0.1) is 18.1 Å². The first-order valence-electron chi connectivity index (χ1n) is 4.94. The Morgan fingerprint density at radius 3 is 2.79 bits per heavy atom. The van der Waals surface area contributed by atoms with E-state index >= 15 is 0 Å². The first-order chi connectivity index (χ1) is 6.41. The fraction of sp³-hybridized carbons (Fsp3) is 0.900. The third kappa shape index (κ3) is 3.27. The molecular formula is C10H18O4. The molecule has 0 radical (unpaired) electrons. The van der Waals surface area contributed by atoms with Gasteiger partial charge in [0.1, 0.15) is 0 Å². The molecule has 0 amide bonds. The molecule has 0 aromatic carbocycles. The molecule has 14 heavy (non-hydrogen) atoms. The normalized spacial score (nSPS) is 28.4. The van der Waals surface area contributed by atoms with E-state index in [1.807, 2.05) is 13.8 Å². The zero-order valence-electron chi connectivity index (χ0n) is 8.69. The molecule has 82 valence electrons. The van der Waals surface area contributed by atoms with Crippen LogP contribution in [0, 0.1) is 5.92 Å². The Kier molecular flexibility index (Phi) is 3.50.